The Morgan fingerprint density at radius 2 is 1.88 bits per heavy atom. The van der Waals surface area contributed by atoms with E-state index in [1.807, 2.05) is 53.2 Å². The van der Waals surface area contributed by atoms with Crippen LogP contribution < -0.4 is 4.74 Å². The second kappa shape index (κ2) is 6.26. The summed E-state index contributed by atoms with van der Waals surface area (Å²) in [7, 11) is 1.65. The Morgan fingerprint density at radius 1 is 1.12 bits per heavy atom. The van der Waals surface area contributed by atoms with Crippen LogP contribution in [0.4, 0.5) is 0 Å². The van der Waals surface area contributed by atoms with Crippen molar-refractivity contribution in [3.63, 3.8) is 0 Å². The van der Waals surface area contributed by atoms with Crippen molar-refractivity contribution in [1.82, 2.24) is 9.78 Å². The molecule has 1 heterocycles. The molecule has 2 aromatic carbocycles. The van der Waals surface area contributed by atoms with Gasteiger partial charge in [-0.3, -0.25) is 0 Å². The third kappa shape index (κ3) is 2.66. The average molecular weight is 354 g/mol. The Kier molecular flexibility index (Phi) is 3.93. The average Bonchev–Trinajstić information content (AvgIpc) is 3.20. The van der Waals surface area contributed by atoms with Gasteiger partial charge in [-0.05, 0) is 24.3 Å². The largest absolute Gasteiger partial charge is 0.494 e. The molecule has 0 saturated carbocycles. The maximum Gasteiger partial charge on any atom is 0.144 e. The minimum Gasteiger partial charge on any atom is -0.494 e. The normalized spacial score (nSPS) is 14.7. The van der Waals surface area contributed by atoms with E-state index in [0.717, 1.165) is 39.7 Å². The first-order chi connectivity index (χ1) is 12.2. The van der Waals surface area contributed by atoms with Gasteiger partial charge in [0, 0.05) is 29.0 Å². The smallest absolute Gasteiger partial charge is 0.144 e. The number of aromatic nitrogens is 2. The molecule has 0 fully saturated rings. The third-order valence-electron chi connectivity index (χ3n) is 4.39. The van der Waals surface area contributed by atoms with Crippen LogP contribution in [-0.4, -0.2) is 27.8 Å². The second-order valence-electron chi connectivity index (χ2n) is 5.88. The monoisotopic (exact) mass is 353 g/mol. The molecule has 0 radical (unpaired) electrons. The van der Waals surface area contributed by atoms with Gasteiger partial charge in [0.15, 0.2) is 0 Å². The number of nitrogens with zero attached hydrogens (tertiary/aromatic N) is 3. The standard InChI is InChI=1S/C19H16ClN3O2/c1-25-18-5-3-2-4-17(18)23-19(12-6-8-13(20)9-7-12)15-10-14(22-24)11-16(15)21-23/h2-9,24H,10-11H2,1H3. The number of hydrogen-bond donors (Lipinski definition) is 1. The molecular formula is C19H16ClN3O2. The van der Waals surface area contributed by atoms with E-state index in [1.54, 1.807) is 7.11 Å². The molecule has 0 aliphatic heterocycles. The van der Waals surface area contributed by atoms with Crippen molar-refractivity contribution < 1.29 is 9.94 Å². The van der Waals surface area contributed by atoms with Gasteiger partial charge in [0.2, 0.25) is 0 Å². The highest BCUT2D eigenvalue weighted by atomic mass is 35.5. The highest BCUT2D eigenvalue weighted by Gasteiger charge is 2.28. The van der Waals surface area contributed by atoms with E-state index in [1.165, 1.54) is 0 Å². The maximum absolute atomic E-state index is 9.14. The Hall–Kier alpha value is -2.79. The van der Waals surface area contributed by atoms with Crippen molar-refractivity contribution in [2.75, 3.05) is 7.11 Å². The Bertz CT molecular complexity index is 961. The number of oxime groups is 1. The van der Waals surface area contributed by atoms with Crippen LogP contribution in [0.3, 0.4) is 0 Å². The topological polar surface area (TPSA) is 59.6 Å². The van der Waals surface area contributed by atoms with Crippen LogP contribution in [0.1, 0.15) is 11.3 Å². The summed E-state index contributed by atoms with van der Waals surface area (Å²) in [5.74, 6) is 0.745. The third-order valence-corrected chi connectivity index (χ3v) is 4.64. The molecule has 3 aromatic rings. The molecule has 0 atom stereocenters. The molecule has 0 unspecified atom stereocenters. The van der Waals surface area contributed by atoms with Gasteiger partial charge in [0.1, 0.15) is 11.4 Å². The van der Waals surface area contributed by atoms with E-state index < -0.39 is 0 Å². The molecule has 1 aliphatic carbocycles. The van der Waals surface area contributed by atoms with E-state index in [4.69, 9.17) is 26.6 Å². The van der Waals surface area contributed by atoms with E-state index in [9.17, 15) is 0 Å². The number of benzene rings is 2. The number of rotatable bonds is 3. The maximum atomic E-state index is 9.14. The zero-order chi connectivity index (χ0) is 17.4. The molecule has 5 nitrogen and oxygen atoms in total. The van der Waals surface area contributed by atoms with Crippen LogP contribution in [0.25, 0.3) is 16.9 Å². The van der Waals surface area contributed by atoms with Crippen molar-refractivity contribution in [3.05, 3.63) is 64.8 Å². The van der Waals surface area contributed by atoms with Crippen molar-refractivity contribution in [1.29, 1.82) is 0 Å². The zero-order valence-corrected chi connectivity index (χ0v) is 14.4. The van der Waals surface area contributed by atoms with Crippen LogP contribution in [0.2, 0.25) is 5.02 Å². The van der Waals surface area contributed by atoms with Crippen LogP contribution >= 0.6 is 11.6 Å². The molecule has 0 bridgehead atoms. The summed E-state index contributed by atoms with van der Waals surface area (Å²) in [5, 5.41) is 18.0. The lowest BCUT2D eigenvalue weighted by atomic mass is 10.1. The first-order valence-electron chi connectivity index (χ1n) is 7.91. The summed E-state index contributed by atoms with van der Waals surface area (Å²) in [6, 6.07) is 15.4. The Morgan fingerprint density at radius 3 is 2.60 bits per heavy atom. The summed E-state index contributed by atoms with van der Waals surface area (Å²) < 4.78 is 7.41. The molecule has 1 N–H and O–H groups in total. The lowest BCUT2D eigenvalue weighted by molar-refractivity contribution is 0.317. The van der Waals surface area contributed by atoms with Crippen molar-refractivity contribution >= 4 is 17.3 Å². The number of ether oxygens (including phenoxy) is 1. The van der Waals surface area contributed by atoms with E-state index >= 15 is 0 Å². The predicted molar refractivity (Wildman–Crippen MR) is 97.2 cm³/mol. The molecule has 0 spiro atoms. The summed E-state index contributed by atoms with van der Waals surface area (Å²) in [4.78, 5) is 0. The van der Waals surface area contributed by atoms with Crippen molar-refractivity contribution in [2.45, 2.75) is 12.8 Å². The van der Waals surface area contributed by atoms with E-state index in [0.29, 0.717) is 17.9 Å². The lowest BCUT2D eigenvalue weighted by Gasteiger charge is -2.13. The van der Waals surface area contributed by atoms with Gasteiger partial charge >= 0.3 is 0 Å². The molecule has 6 heteroatoms. The van der Waals surface area contributed by atoms with Gasteiger partial charge in [-0.25, -0.2) is 4.68 Å². The molecule has 4 rings (SSSR count). The summed E-state index contributed by atoms with van der Waals surface area (Å²) >= 11 is 6.05. The fraction of sp³-hybridized carbons (Fsp3) is 0.158. The van der Waals surface area contributed by atoms with Gasteiger partial charge < -0.3 is 9.94 Å². The van der Waals surface area contributed by atoms with Crippen LogP contribution in [-0.2, 0) is 12.8 Å². The number of halogens is 1. The quantitative estimate of drug-likeness (QED) is 0.569. The highest BCUT2D eigenvalue weighted by Crippen LogP contribution is 2.36. The minimum absolute atomic E-state index is 0.550. The lowest BCUT2D eigenvalue weighted by Crippen LogP contribution is -2.06. The Labute approximate surface area is 150 Å². The van der Waals surface area contributed by atoms with Gasteiger partial charge in [-0.15, -0.1) is 0 Å². The zero-order valence-electron chi connectivity index (χ0n) is 13.6. The Balaban J connectivity index is 1.95. The number of para-hydroxylation sites is 2. The molecule has 0 amide bonds. The SMILES string of the molecule is COc1ccccc1-n1nc2c(c1-c1ccc(Cl)cc1)CC(=NO)C2. The number of hydrogen-bond acceptors (Lipinski definition) is 4. The number of fused-ring (bicyclic) bond motifs is 1. The van der Waals surface area contributed by atoms with Gasteiger partial charge in [0.05, 0.1) is 24.2 Å². The fourth-order valence-electron chi connectivity index (χ4n) is 3.24. The molecule has 0 saturated heterocycles. The molecule has 126 valence electrons. The van der Waals surface area contributed by atoms with E-state index in [-0.39, 0.29) is 0 Å². The molecule has 1 aliphatic rings. The summed E-state index contributed by atoms with van der Waals surface area (Å²) in [5.41, 5.74) is 5.55. The first-order valence-corrected chi connectivity index (χ1v) is 8.29. The van der Waals surface area contributed by atoms with Crippen LogP contribution in [0, 0.1) is 0 Å². The van der Waals surface area contributed by atoms with E-state index in [2.05, 4.69) is 5.16 Å². The van der Waals surface area contributed by atoms with Crippen LogP contribution in [0.15, 0.2) is 53.7 Å². The summed E-state index contributed by atoms with van der Waals surface area (Å²) in [6.45, 7) is 0. The van der Waals surface area contributed by atoms with Crippen LogP contribution in [0.5, 0.6) is 5.75 Å². The highest BCUT2D eigenvalue weighted by molar-refractivity contribution is 6.30. The van der Waals surface area contributed by atoms with Gasteiger partial charge in [-0.1, -0.05) is 41.0 Å². The molecule has 1 aromatic heterocycles. The molecular weight excluding hydrogens is 338 g/mol. The number of methoxy groups -OCH3 is 1. The summed E-state index contributed by atoms with van der Waals surface area (Å²) in [6.07, 6.45) is 1.13. The predicted octanol–water partition coefficient (Wildman–Crippen LogP) is 4.13. The molecule has 25 heavy (non-hydrogen) atoms. The second-order valence-corrected chi connectivity index (χ2v) is 6.32. The van der Waals surface area contributed by atoms with Crippen molar-refractivity contribution in [3.8, 4) is 22.7 Å². The van der Waals surface area contributed by atoms with Gasteiger partial charge in [0.25, 0.3) is 0 Å². The minimum atomic E-state index is 0.550. The first kappa shape index (κ1) is 15.7. The fourth-order valence-corrected chi connectivity index (χ4v) is 3.36. The van der Waals surface area contributed by atoms with Gasteiger partial charge in [-0.2, -0.15) is 5.10 Å². The van der Waals surface area contributed by atoms with Crippen molar-refractivity contribution in [2.24, 2.45) is 5.16 Å².